The molecule has 0 aliphatic heterocycles. The van der Waals surface area contributed by atoms with Crippen molar-refractivity contribution in [3.05, 3.63) is 35.9 Å². The summed E-state index contributed by atoms with van der Waals surface area (Å²) >= 11 is 0.688. The third-order valence-corrected chi connectivity index (χ3v) is 2.55. The van der Waals surface area contributed by atoms with Gasteiger partial charge in [0.05, 0.1) is 0 Å². The summed E-state index contributed by atoms with van der Waals surface area (Å²) < 4.78 is 39.9. The number of aromatic nitrogens is 3. The van der Waals surface area contributed by atoms with Crippen LogP contribution in [0.3, 0.4) is 0 Å². The highest BCUT2D eigenvalue weighted by Gasteiger charge is 2.36. The fourth-order valence-electron chi connectivity index (χ4n) is 1.09. The molecule has 0 saturated carbocycles. The van der Waals surface area contributed by atoms with Crippen molar-refractivity contribution in [3.8, 4) is 0 Å². The molecule has 1 N–H and O–H groups in total. The summed E-state index contributed by atoms with van der Waals surface area (Å²) in [4.78, 5) is 7.19. The van der Waals surface area contributed by atoms with Crippen LogP contribution in [0.1, 0.15) is 11.4 Å². The number of pyridine rings is 1. The fraction of sp³-hybridized carbons (Fsp3) is 0.222. The highest BCUT2D eigenvalue weighted by Crippen LogP contribution is 2.28. The Morgan fingerprint density at radius 2 is 1.94 bits per heavy atom. The number of nitrogens with zero attached hydrogens (tertiary/aromatic N) is 3. The lowest BCUT2D eigenvalue weighted by Gasteiger charge is -2.01. The van der Waals surface area contributed by atoms with Crippen LogP contribution in [-0.4, -0.2) is 14.3 Å². The third-order valence-electron chi connectivity index (χ3n) is 1.87. The SMILES string of the molecule is FC(F)(F)c1nsc(NCc2ccncc2)n1. The van der Waals surface area contributed by atoms with Gasteiger partial charge < -0.3 is 5.32 Å². The average Bonchev–Trinajstić information content (AvgIpc) is 2.76. The van der Waals surface area contributed by atoms with Gasteiger partial charge in [-0.1, -0.05) is 0 Å². The summed E-state index contributed by atoms with van der Waals surface area (Å²) in [5.41, 5.74) is 0.906. The lowest BCUT2D eigenvalue weighted by Crippen LogP contribution is -2.07. The molecule has 2 heterocycles. The van der Waals surface area contributed by atoms with Gasteiger partial charge in [0.25, 0.3) is 0 Å². The van der Waals surface area contributed by atoms with E-state index in [-0.39, 0.29) is 5.13 Å². The summed E-state index contributed by atoms with van der Waals surface area (Å²) in [5, 5.41) is 2.92. The van der Waals surface area contributed by atoms with Crippen LogP contribution in [0.4, 0.5) is 18.3 Å². The standard InChI is InChI=1S/C9H7F3N4S/c10-9(11,12)7-15-8(17-16-7)14-5-6-1-3-13-4-2-6/h1-4H,5H2,(H,14,15,16). The van der Waals surface area contributed by atoms with E-state index in [9.17, 15) is 13.2 Å². The minimum absolute atomic E-state index is 0.147. The number of rotatable bonds is 3. The summed E-state index contributed by atoms with van der Waals surface area (Å²) in [6.07, 6.45) is -1.27. The zero-order valence-corrected chi connectivity index (χ0v) is 9.22. The van der Waals surface area contributed by atoms with Gasteiger partial charge in [0, 0.05) is 30.5 Å². The molecule has 2 aromatic heterocycles. The minimum atomic E-state index is -4.49. The first-order chi connectivity index (χ1) is 8.05. The second kappa shape index (κ2) is 4.66. The number of nitrogens with one attached hydrogen (secondary N) is 1. The molecule has 0 unspecified atom stereocenters. The average molecular weight is 260 g/mol. The van der Waals surface area contributed by atoms with E-state index in [1.807, 2.05) is 0 Å². The second-order valence-corrected chi connectivity index (χ2v) is 3.88. The Labute approximate surface area is 98.7 Å². The van der Waals surface area contributed by atoms with Gasteiger partial charge in [0.1, 0.15) is 0 Å². The molecule has 0 fully saturated rings. The maximum atomic E-state index is 12.2. The molecule has 90 valence electrons. The molecule has 8 heteroatoms. The zero-order chi connectivity index (χ0) is 12.3. The summed E-state index contributed by atoms with van der Waals surface area (Å²) in [6.45, 7) is 0.384. The van der Waals surface area contributed by atoms with E-state index in [2.05, 4.69) is 19.7 Å². The van der Waals surface area contributed by atoms with Gasteiger partial charge in [-0.05, 0) is 17.7 Å². The molecule has 0 spiro atoms. The van der Waals surface area contributed by atoms with Crippen molar-refractivity contribution < 1.29 is 13.2 Å². The van der Waals surface area contributed by atoms with Crippen molar-refractivity contribution in [3.63, 3.8) is 0 Å². The molecule has 2 rings (SSSR count). The summed E-state index contributed by atoms with van der Waals surface area (Å²) in [5.74, 6) is -1.11. The molecule has 0 saturated heterocycles. The normalized spacial score (nSPS) is 11.5. The number of anilines is 1. The molecule has 0 aromatic carbocycles. The van der Waals surface area contributed by atoms with Crippen LogP contribution in [0.2, 0.25) is 0 Å². The molecule has 0 bridgehead atoms. The van der Waals surface area contributed by atoms with Gasteiger partial charge in [-0.3, -0.25) is 4.98 Å². The molecule has 2 aromatic rings. The minimum Gasteiger partial charge on any atom is -0.356 e. The molecule has 17 heavy (non-hydrogen) atoms. The molecule has 0 atom stereocenters. The van der Waals surface area contributed by atoms with E-state index < -0.39 is 12.0 Å². The molecule has 0 amide bonds. The van der Waals surface area contributed by atoms with Crippen LogP contribution >= 0.6 is 11.5 Å². The monoisotopic (exact) mass is 260 g/mol. The zero-order valence-electron chi connectivity index (χ0n) is 8.40. The first kappa shape index (κ1) is 11.8. The van der Waals surface area contributed by atoms with Gasteiger partial charge in [-0.25, -0.2) is 0 Å². The van der Waals surface area contributed by atoms with Crippen LogP contribution in [-0.2, 0) is 12.7 Å². The van der Waals surface area contributed by atoms with Crippen LogP contribution in [0.5, 0.6) is 0 Å². The number of hydrogen-bond acceptors (Lipinski definition) is 5. The molecule has 4 nitrogen and oxygen atoms in total. The number of alkyl halides is 3. The van der Waals surface area contributed by atoms with Crippen molar-refractivity contribution >= 4 is 16.7 Å². The van der Waals surface area contributed by atoms with E-state index in [1.165, 1.54) is 0 Å². The molecule has 0 radical (unpaired) electrons. The molecular formula is C9H7F3N4S. The second-order valence-electron chi connectivity index (χ2n) is 3.13. The molecule has 0 aliphatic rings. The van der Waals surface area contributed by atoms with E-state index in [0.717, 1.165) is 5.56 Å². The Balaban J connectivity index is 1.99. The van der Waals surface area contributed by atoms with Crippen LogP contribution in [0.25, 0.3) is 0 Å². The third kappa shape index (κ3) is 3.13. The van der Waals surface area contributed by atoms with Crippen molar-refractivity contribution in [1.82, 2.24) is 14.3 Å². The lowest BCUT2D eigenvalue weighted by atomic mass is 10.3. The van der Waals surface area contributed by atoms with E-state index >= 15 is 0 Å². The fourth-order valence-corrected chi connectivity index (χ4v) is 1.67. The predicted molar refractivity (Wildman–Crippen MR) is 56.5 cm³/mol. The number of hydrogen-bond donors (Lipinski definition) is 1. The van der Waals surface area contributed by atoms with E-state index in [1.54, 1.807) is 24.5 Å². The van der Waals surface area contributed by atoms with Crippen molar-refractivity contribution in [2.24, 2.45) is 0 Å². The van der Waals surface area contributed by atoms with Gasteiger partial charge in [-0.2, -0.15) is 22.5 Å². The summed E-state index contributed by atoms with van der Waals surface area (Å²) in [7, 11) is 0. The van der Waals surface area contributed by atoms with E-state index in [4.69, 9.17) is 0 Å². The maximum Gasteiger partial charge on any atom is 0.452 e. The first-order valence-corrected chi connectivity index (χ1v) is 5.37. The van der Waals surface area contributed by atoms with Gasteiger partial charge in [0.2, 0.25) is 11.0 Å². The van der Waals surface area contributed by atoms with Crippen molar-refractivity contribution in [2.75, 3.05) is 5.32 Å². The quantitative estimate of drug-likeness (QED) is 0.921. The Bertz CT molecular complexity index is 482. The van der Waals surface area contributed by atoms with Gasteiger partial charge in [-0.15, -0.1) is 0 Å². The summed E-state index contributed by atoms with van der Waals surface area (Å²) in [6, 6.07) is 3.53. The van der Waals surface area contributed by atoms with Crippen LogP contribution < -0.4 is 5.32 Å². The highest BCUT2D eigenvalue weighted by molar-refractivity contribution is 7.09. The Morgan fingerprint density at radius 1 is 1.24 bits per heavy atom. The Morgan fingerprint density at radius 3 is 2.53 bits per heavy atom. The Hall–Kier alpha value is -1.70. The lowest BCUT2D eigenvalue weighted by molar-refractivity contribution is -0.144. The number of halogens is 3. The Kier molecular flexibility index (Phi) is 3.23. The van der Waals surface area contributed by atoms with Crippen molar-refractivity contribution in [1.29, 1.82) is 0 Å². The van der Waals surface area contributed by atoms with E-state index in [0.29, 0.717) is 18.1 Å². The van der Waals surface area contributed by atoms with Crippen LogP contribution in [0.15, 0.2) is 24.5 Å². The molecular weight excluding hydrogens is 253 g/mol. The van der Waals surface area contributed by atoms with Crippen LogP contribution in [0, 0.1) is 0 Å². The first-order valence-electron chi connectivity index (χ1n) is 4.59. The van der Waals surface area contributed by atoms with Gasteiger partial charge >= 0.3 is 6.18 Å². The van der Waals surface area contributed by atoms with Gasteiger partial charge in [0.15, 0.2) is 0 Å². The predicted octanol–water partition coefficient (Wildman–Crippen LogP) is 2.56. The molecule has 0 aliphatic carbocycles. The smallest absolute Gasteiger partial charge is 0.356 e. The topological polar surface area (TPSA) is 50.7 Å². The maximum absolute atomic E-state index is 12.2. The highest BCUT2D eigenvalue weighted by atomic mass is 32.1. The largest absolute Gasteiger partial charge is 0.452 e. The van der Waals surface area contributed by atoms with Crippen molar-refractivity contribution in [2.45, 2.75) is 12.7 Å².